The summed E-state index contributed by atoms with van der Waals surface area (Å²) in [6.07, 6.45) is 0. The number of imidazole rings is 1. The monoisotopic (exact) mass is 258 g/mol. The van der Waals surface area contributed by atoms with Crippen molar-refractivity contribution in [3.63, 3.8) is 0 Å². The van der Waals surface area contributed by atoms with Gasteiger partial charge in [0.15, 0.2) is 0 Å². The van der Waals surface area contributed by atoms with E-state index < -0.39 is 0 Å². The molecular formula is C14H11ClN2O. The van der Waals surface area contributed by atoms with Crippen molar-refractivity contribution in [2.24, 2.45) is 0 Å². The van der Waals surface area contributed by atoms with E-state index in [1.807, 2.05) is 37.3 Å². The number of hydrogen-bond donors (Lipinski definition) is 1. The lowest BCUT2D eigenvalue weighted by molar-refractivity contribution is 1.02. The molecule has 1 heterocycles. The molecule has 0 amide bonds. The zero-order valence-electron chi connectivity index (χ0n) is 9.77. The molecule has 0 fully saturated rings. The second-order valence-corrected chi connectivity index (χ2v) is 4.70. The standard InChI is InChI=1S/C14H11ClN2O/c1-9-5-6-12-13(7-9)17(14(18)16-12)11-4-2-3-10(15)8-11/h2-8H,1H3,(H,16,18). The average Bonchev–Trinajstić information content (AvgIpc) is 2.64. The lowest BCUT2D eigenvalue weighted by atomic mass is 10.2. The van der Waals surface area contributed by atoms with Gasteiger partial charge in [0.2, 0.25) is 0 Å². The molecule has 0 aliphatic rings. The Hall–Kier alpha value is -2.00. The average molecular weight is 259 g/mol. The molecule has 1 N–H and O–H groups in total. The number of H-pyrrole nitrogens is 1. The van der Waals surface area contributed by atoms with Gasteiger partial charge in [-0.15, -0.1) is 0 Å². The van der Waals surface area contributed by atoms with E-state index in [9.17, 15) is 4.79 Å². The van der Waals surface area contributed by atoms with Crippen LogP contribution in [0.1, 0.15) is 5.56 Å². The van der Waals surface area contributed by atoms with Gasteiger partial charge in [-0.05, 0) is 42.8 Å². The number of nitrogens with one attached hydrogen (secondary N) is 1. The number of fused-ring (bicyclic) bond motifs is 1. The van der Waals surface area contributed by atoms with Gasteiger partial charge in [-0.25, -0.2) is 4.79 Å². The van der Waals surface area contributed by atoms with Crippen molar-refractivity contribution in [2.75, 3.05) is 0 Å². The molecule has 0 atom stereocenters. The highest BCUT2D eigenvalue weighted by Gasteiger charge is 2.08. The minimum atomic E-state index is -0.155. The molecule has 4 heteroatoms. The molecule has 0 spiro atoms. The van der Waals surface area contributed by atoms with Gasteiger partial charge in [-0.2, -0.15) is 0 Å². The fourth-order valence-corrected chi connectivity index (χ4v) is 2.27. The maximum absolute atomic E-state index is 12.0. The molecule has 0 bridgehead atoms. The number of aromatic amines is 1. The Morgan fingerprint density at radius 2 is 2.00 bits per heavy atom. The molecule has 0 unspecified atom stereocenters. The predicted octanol–water partition coefficient (Wildman–Crippen LogP) is 3.28. The predicted molar refractivity (Wildman–Crippen MR) is 73.6 cm³/mol. The van der Waals surface area contributed by atoms with Crippen molar-refractivity contribution in [2.45, 2.75) is 6.92 Å². The molecule has 1 aromatic heterocycles. The minimum absolute atomic E-state index is 0.155. The molecule has 18 heavy (non-hydrogen) atoms. The zero-order chi connectivity index (χ0) is 12.7. The molecule has 2 aromatic carbocycles. The van der Waals surface area contributed by atoms with Crippen LogP contribution in [0.2, 0.25) is 5.02 Å². The van der Waals surface area contributed by atoms with Crippen LogP contribution in [0, 0.1) is 6.92 Å². The van der Waals surface area contributed by atoms with E-state index in [0.29, 0.717) is 5.02 Å². The molecule has 0 aliphatic carbocycles. The molecule has 3 rings (SSSR count). The Bertz CT molecular complexity index is 786. The Balaban J connectivity index is 2.38. The van der Waals surface area contributed by atoms with Crippen molar-refractivity contribution >= 4 is 22.6 Å². The van der Waals surface area contributed by atoms with Gasteiger partial charge in [0.1, 0.15) is 0 Å². The number of rotatable bonds is 1. The van der Waals surface area contributed by atoms with Crippen LogP contribution in [-0.4, -0.2) is 9.55 Å². The summed E-state index contributed by atoms with van der Waals surface area (Å²) in [5.74, 6) is 0. The van der Waals surface area contributed by atoms with Crippen LogP contribution in [0.25, 0.3) is 16.7 Å². The van der Waals surface area contributed by atoms with Gasteiger partial charge in [0, 0.05) is 5.02 Å². The summed E-state index contributed by atoms with van der Waals surface area (Å²) in [6.45, 7) is 2.00. The van der Waals surface area contributed by atoms with E-state index in [2.05, 4.69) is 4.98 Å². The molecule has 3 aromatic rings. The summed E-state index contributed by atoms with van der Waals surface area (Å²) < 4.78 is 1.63. The van der Waals surface area contributed by atoms with Crippen molar-refractivity contribution < 1.29 is 0 Å². The van der Waals surface area contributed by atoms with Crippen LogP contribution in [-0.2, 0) is 0 Å². The zero-order valence-corrected chi connectivity index (χ0v) is 10.5. The summed E-state index contributed by atoms with van der Waals surface area (Å²) in [6, 6.07) is 13.1. The Kier molecular flexibility index (Phi) is 2.49. The van der Waals surface area contributed by atoms with Gasteiger partial charge in [-0.1, -0.05) is 23.7 Å². The van der Waals surface area contributed by atoms with Crippen LogP contribution in [0.4, 0.5) is 0 Å². The Labute approximate surface area is 109 Å². The first-order valence-electron chi connectivity index (χ1n) is 5.62. The third kappa shape index (κ3) is 1.73. The van der Waals surface area contributed by atoms with Crippen LogP contribution in [0.5, 0.6) is 0 Å². The topological polar surface area (TPSA) is 37.8 Å². The third-order valence-electron chi connectivity index (χ3n) is 2.91. The normalized spacial score (nSPS) is 11.0. The minimum Gasteiger partial charge on any atom is -0.305 e. The fourth-order valence-electron chi connectivity index (χ4n) is 2.08. The SMILES string of the molecule is Cc1ccc2[nH]c(=O)n(-c3cccc(Cl)c3)c2c1. The Morgan fingerprint density at radius 3 is 2.78 bits per heavy atom. The lowest BCUT2D eigenvalue weighted by Gasteiger charge is -2.04. The van der Waals surface area contributed by atoms with E-state index in [1.54, 1.807) is 16.7 Å². The molecule has 0 saturated carbocycles. The summed E-state index contributed by atoms with van der Waals surface area (Å²) in [7, 11) is 0. The van der Waals surface area contributed by atoms with E-state index >= 15 is 0 Å². The second-order valence-electron chi connectivity index (χ2n) is 4.27. The first kappa shape index (κ1) is 11.1. The number of aryl methyl sites for hydroxylation is 1. The highest BCUT2D eigenvalue weighted by molar-refractivity contribution is 6.30. The summed E-state index contributed by atoms with van der Waals surface area (Å²) in [5.41, 5.74) is 3.41. The van der Waals surface area contributed by atoms with E-state index in [1.165, 1.54) is 0 Å². The molecule has 0 saturated heterocycles. The smallest absolute Gasteiger partial charge is 0.305 e. The largest absolute Gasteiger partial charge is 0.331 e. The maximum atomic E-state index is 12.0. The molecule has 0 radical (unpaired) electrons. The van der Waals surface area contributed by atoms with E-state index in [-0.39, 0.29) is 5.69 Å². The number of benzene rings is 2. The van der Waals surface area contributed by atoms with Crippen LogP contribution < -0.4 is 5.69 Å². The summed E-state index contributed by atoms with van der Waals surface area (Å²) in [5, 5.41) is 0.612. The van der Waals surface area contributed by atoms with Crippen LogP contribution >= 0.6 is 11.6 Å². The number of aromatic nitrogens is 2. The summed E-state index contributed by atoms with van der Waals surface area (Å²) >= 11 is 5.97. The van der Waals surface area contributed by atoms with Gasteiger partial charge >= 0.3 is 5.69 Å². The van der Waals surface area contributed by atoms with E-state index in [0.717, 1.165) is 22.3 Å². The summed E-state index contributed by atoms with van der Waals surface area (Å²) in [4.78, 5) is 14.9. The molecule has 90 valence electrons. The fraction of sp³-hybridized carbons (Fsp3) is 0.0714. The molecular weight excluding hydrogens is 248 g/mol. The highest BCUT2D eigenvalue weighted by atomic mass is 35.5. The third-order valence-corrected chi connectivity index (χ3v) is 3.14. The first-order valence-corrected chi connectivity index (χ1v) is 6.00. The lowest BCUT2D eigenvalue weighted by Crippen LogP contribution is -2.14. The number of hydrogen-bond acceptors (Lipinski definition) is 1. The van der Waals surface area contributed by atoms with Gasteiger partial charge in [0.05, 0.1) is 16.7 Å². The van der Waals surface area contributed by atoms with Crippen molar-refractivity contribution in [3.05, 3.63) is 63.5 Å². The van der Waals surface area contributed by atoms with Gasteiger partial charge < -0.3 is 4.98 Å². The molecule has 0 aliphatic heterocycles. The van der Waals surface area contributed by atoms with Crippen molar-refractivity contribution in [1.29, 1.82) is 0 Å². The second kappa shape index (κ2) is 4.03. The van der Waals surface area contributed by atoms with Crippen LogP contribution in [0.3, 0.4) is 0 Å². The van der Waals surface area contributed by atoms with Gasteiger partial charge in [0.25, 0.3) is 0 Å². The van der Waals surface area contributed by atoms with Gasteiger partial charge in [-0.3, -0.25) is 4.57 Å². The van der Waals surface area contributed by atoms with Crippen LogP contribution in [0.15, 0.2) is 47.3 Å². The first-order chi connectivity index (χ1) is 8.65. The van der Waals surface area contributed by atoms with E-state index in [4.69, 9.17) is 11.6 Å². The van der Waals surface area contributed by atoms with Crippen molar-refractivity contribution in [3.8, 4) is 5.69 Å². The van der Waals surface area contributed by atoms with Crippen molar-refractivity contribution in [1.82, 2.24) is 9.55 Å². The number of nitrogens with zero attached hydrogens (tertiary/aromatic N) is 1. The quantitative estimate of drug-likeness (QED) is 0.715. The maximum Gasteiger partial charge on any atom is 0.331 e. The number of halogens is 1. The molecule has 3 nitrogen and oxygen atoms in total. The highest BCUT2D eigenvalue weighted by Crippen LogP contribution is 2.19. The Morgan fingerprint density at radius 1 is 1.17 bits per heavy atom.